The summed E-state index contributed by atoms with van der Waals surface area (Å²) in [6.45, 7) is 5.58. The highest BCUT2D eigenvalue weighted by Gasteiger charge is 2.34. The molecule has 0 aromatic heterocycles. The number of rotatable bonds is 3. The molecule has 3 aromatic carbocycles. The zero-order chi connectivity index (χ0) is 20.8. The summed E-state index contributed by atoms with van der Waals surface area (Å²) in [5, 5.41) is 1.75. The number of benzene rings is 3. The smallest absolute Gasteiger partial charge is 0.261 e. The lowest BCUT2D eigenvalue weighted by atomic mass is 10.1. The van der Waals surface area contributed by atoms with Gasteiger partial charge in [-0.25, -0.2) is 8.42 Å². The average molecular weight is 410 g/mol. The Morgan fingerprint density at radius 3 is 2.55 bits per heavy atom. The predicted molar refractivity (Wildman–Crippen MR) is 114 cm³/mol. The molecule has 0 fully saturated rings. The number of nitrogens with one attached hydrogen (secondary N) is 1. The summed E-state index contributed by atoms with van der Waals surface area (Å²) in [5.74, 6) is 0.319. The van der Waals surface area contributed by atoms with Gasteiger partial charge in [0.1, 0.15) is 11.4 Å². The molecule has 7 heteroatoms. The molecule has 0 atom stereocenters. The molecule has 0 unspecified atom stereocenters. The van der Waals surface area contributed by atoms with Crippen LogP contribution < -0.4 is 14.4 Å². The van der Waals surface area contributed by atoms with E-state index in [1.54, 1.807) is 23.1 Å². The van der Waals surface area contributed by atoms with Crippen LogP contribution in [0.25, 0.3) is 10.8 Å². The number of ether oxygens (including phenoxy) is 1. The van der Waals surface area contributed by atoms with Gasteiger partial charge in [0.2, 0.25) is 5.91 Å². The van der Waals surface area contributed by atoms with E-state index in [-0.39, 0.29) is 10.8 Å². The van der Waals surface area contributed by atoms with Crippen molar-refractivity contribution in [2.24, 2.45) is 0 Å². The minimum Gasteiger partial charge on any atom is -0.484 e. The number of amides is 1. The summed E-state index contributed by atoms with van der Waals surface area (Å²) in [7, 11) is -3.86. The molecule has 0 saturated heterocycles. The van der Waals surface area contributed by atoms with Crippen molar-refractivity contribution in [3.63, 3.8) is 0 Å². The van der Waals surface area contributed by atoms with E-state index in [2.05, 4.69) is 4.72 Å². The molecule has 0 saturated carbocycles. The lowest BCUT2D eigenvalue weighted by molar-refractivity contribution is -0.117. The Hall–Kier alpha value is -3.06. The molecule has 0 spiro atoms. The summed E-state index contributed by atoms with van der Waals surface area (Å²) >= 11 is 0. The average Bonchev–Trinajstić information content (AvgIpc) is 2.66. The number of hydrogen-bond donors (Lipinski definition) is 1. The summed E-state index contributed by atoms with van der Waals surface area (Å²) in [6.07, 6.45) is 0. The molecule has 0 bridgehead atoms. The van der Waals surface area contributed by atoms with Crippen LogP contribution in [-0.4, -0.2) is 26.5 Å². The third-order valence-electron chi connectivity index (χ3n) is 4.87. The minimum atomic E-state index is -3.86. The molecule has 29 heavy (non-hydrogen) atoms. The van der Waals surface area contributed by atoms with Crippen molar-refractivity contribution in [3.8, 4) is 5.75 Å². The molecule has 0 aliphatic carbocycles. The maximum Gasteiger partial charge on any atom is 0.261 e. The van der Waals surface area contributed by atoms with Gasteiger partial charge >= 0.3 is 0 Å². The maximum absolute atomic E-state index is 13.1. The number of fused-ring (bicyclic) bond motifs is 2. The van der Waals surface area contributed by atoms with Crippen LogP contribution in [0.2, 0.25) is 0 Å². The molecular weight excluding hydrogens is 388 g/mol. The van der Waals surface area contributed by atoms with Crippen LogP contribution in [0.15, 0.2) is 65.6 Å². The first kappa shape index (κ1) is 19.3. The fourth-order valence-corrected chi connectivity index (χ4v) is 4.66. The molecule has 1 aliphatic rings. The van der Waals surface area contributed by atoms with Gasteiger partial charge in [-0.2, -0.15) is 0 Å². The van der Waals surface area contributed by atoms with E-state index in [0.717, 1.165) is 10.8 Å². The van der Waals surface area contributed by atoms with Crippen LogP contribution >= 0.6 is 0 Å². The zero-order valence-electron chi connectivity index (χ0n) is 16.5. The summed E-state index contributed by atoms with van der Waals surface area (Å²) in [5.41, 5.74) is 0.402. The molecule has 150 valence electrons. The predicted octanol–water partition coefficient (Wildman–Crippen LogP) is 4.16. The summed E-state index contributed by atoms with van der Waals surface area (Å²) in [6, 6.07) is 17.6. The fraction of sp³-hybridized carbons (Fsp3) is 0.227. The number of anilines is 2. The van der Waals surface area contributed by atoms with Crippen LogP contribution in [0.1, 0.15) is 20.8 Å². The SMILES string of the molecule is CC(=O)N1CC(C)(C)Oc2ccc(S(=O)(=O)Nc3cccc4ccccc34)cc21. The second-order valence-electron chi connectivity index (χ2n) is 7.73. The van der Waals surface area contributed by atoms with Crippen LogP contribution in [0.3, 0.4) is 0 Å². The van der Waals surface area contributed by atoms with Crippen LogP contribution in [-0.2, 0) is 14.8 Å². The molecule has 1 amide bonds. The van der Waals surface area contributed by atoms with E-state index in [9.17, 15) is 13.2 Å². The van der Waals surface area contributed by atoms with Gasteiger partial charge in [0, 0.05) is 12.3 Å². The number of nitrogens with zero attached hydrogens (tertiary/aromatic N) is 1. The van der Waals surface area contributed by atoms with Crippen molar-refractivity contribution in [3.05, 3.63) is 60.7 Å². The standard InChI is InChI=1S/C22H22N2O4S/c1-15(25)24-14-22(2,3)28-21-12-11-17(13-20(21)24)29(26,27)23-19-10-6-8-16-7-4-5-9-18(16)19/h4-13,23H,14H2,1-3H3. The first-order valence-corrected chi connectivity index (χ1v) is 10.8. The van der Waals surface area contributed by atoms with E-state index < -0.39 is 15.6 Å². The molecule has 4 rings (SSSR count). The molecule has 3 aromatic rings. The summed E-state index contributed by atoms with van der Waals surface area (Å²) in [4.78, 5) is 13.8. The lowest BCUT2D eigenvalue weighted by Gasteiger charge is -2.39. The minimum absolute atomic E-state index is 0.0683. The van der Waals surface area contributed by atoms with Gasteiger partial charge in [0.15, 0.2) is 0 Å². The first-order valence-electron chi connectivity index (χ1n) is 9.28. The molecule has 1 N–H and O–H groups in total. The Morgan fingerprint density at radius 2 is 1.79 bits per heavy atom. The van der Waals surface area contributed by atoms with E-state index in [1.807, 2.05) is 44.2 Å². The topological polar surface area (TPSA) is 75.7 Å². The lowest BCUT2D eigenvalue weighted by Crippen LogP contribution is -2.48. The molecule has 6 nitrogen and oxygen atoms in total. The second kappa shape index (κ2) is 6.77. The molecule has 1 aliphatic heterocycles. The maximum atomic E-state index is 13.1. The van der Waals surface area contributed by atoms with Gasteiger partial charge in [0.25, 0.3) is 10.0 Å². The van der Waals surface area contributed by atoms with Gasteiger partial charge in [-0.3, -0.25) is 9.52 Å². The number of carbonyl (C=O) groups is 1. The Morgan fingerprint density at radius 1 is 1.07 bits per heavy atom. The fourth-order valence-electron chi connectivity index (χ4n) is 3.56. The van der Waals surface area contributed by atoms with E-state index in [0.29, 0.717) is 23.7 Å². The second-order valence-corrected chi connectivity index (χ2v) is 9.41. The highest BCUT2D eigenvalue weighted by Crippen LogP contribution is 2.39. The molecule has 1 heterocycles. The van der Waals surface area contributed by atoms with Crippen LogP contribution in [0.4, 0.5) is 11.4 Å². The first-order chi connectivity index (χ1) is 13.7. The quantitative estimate of drug-likeness (QED) is 0.703. The number of hydrogen-bond acceptors (Lipinski definition) is 4. The van der Waals surface area contributed by atoms with Crippen molar-refractivity contribution in [2.45, 2.75) is 31.3 Å². The Labute approximate surface area is 170 Å². The van der Waals surface area contributed by atoms with Gasteiger partial charge in [-0.05, 0) is 43.5 Å². The zero-order valence-corrected chi connectivity index (χ0v) is 17.3. The third-order valence-corrected chi connectivity index (χ3v) is 6.23. The third kappa shape index (κ3) is 3.65. The number of sulfonamides is 1. The summed E-state index contributed by atoms with van der Waals surface area (Å²) < 4.78 is 34.8. The van der Waals surface area contributed by atoms with Gasteiger partial charge in [-0.1, -0.05) is 36.4 Å². The van der Waals surface area contributed by atoms with Crippen molar-refractivity contribution in [1.82, 2.24) is 0 Å². The van der Waals surface area contributed by atoms with Gasteiger partial charge in [-0.15, -0.1) is 0 Å². The van der Waals surface area contributed by atoms with Crippen LogP contribution in [0, 0.1) is 0 Å². The normalized spacial score (nSPS) is 15.5. The van der Waals surface area contributed by atoms with Crippen molar-refractivity contribution >= 4 is 38.1 Å². The Bertz CT molecular complexity index is 1210. The van der Waals surface area contributed by atoms with E-state index >= 15 is 0 Å². The Balaban J connectivity index is 1.75. The molecular formula is C22H22N2O4S. The monoisotopic (exact) mass is 410 g/mol. The highest BCUT2D eigenvalue weighted by atomic mass is 32.2. The Kier molecular flexibility index (Phi) is 4.50. The van der Waals surface area contributed by atoms with Crippen molar-refractivity contribution < 1.29 is 17.9 Å². The highest BCUT2D eigenvalue weighted by molar-refractivity contribution is 7.92. The van der Waals surface area contributed by atoms with Crippen molar-refractivity contribution in [1.29, 1.82) is 0 Å². The van der Waals surface area contributed by atoms with Gasteiger partial charge in [0.05, 0.1) is 22.8 Å². The van der Waals surface area contributed by atoms with E-state index in [4.69, 9.17) is 4.74 Å². The number of carbonyl (C=O) groups excluding carboxylic acids is 1. The van der Waals surface area contributed by atoms with Crippen molar-refractivity contribution in [2.75, 3.05) is 16.2 Å². The van der Waals surface area contributed by atoms with E-state index in [1.165, 1.54) is 19.1 Å². The van der Waals surface area contributed by atoms with Crippen LogP contribution in [0.5, 0.6) is 5.75 Å². The van der Waals surface area contributed by atoms with Gasteiger partial charge < -0.3 is 9.64 Å². The largest absolute Gasteiger partial charge is 0.484 e. The molecule has 0 radical (unpaired) electrons.